The van der Waals surface area contributed by atoms with Crippen molar-refractivity contribution in [3.8, 4) is 0 Å². The fourth-order valence-electron chi connectivity index (χ4n) is 1.41. The lowest BCUT2D eigenvalue weighted by molar-refractivity contribution is -0.689. The largest absolute Gasteiger partial charge is 0.265 e. The molecule has 1 aromatic heterocycles. The fourth-order valence-corrected chi connectivity index (χ4v) is 1.54. The molecule has 0 amide bonds. The van der Waals surface area contributed by atoms with E-state index < -0.39 is 0 Å². The molecule has 1 heterocycles. The molecule has 0 aliphatic rings. The average Bonchev–Trinajstić information content (AvgIpc) is 2.69. The van der Waals surface area contributed by atoms with Crippen molar-refractivity contribution in [2.75, 3.05) is 0 Å². The Bertz CT molecular complexity index is 433. The van der Waals surface area contributed by atoms with Gasteiger partial charge in [0, 0.05) is 10.1 Å². The molecular weight excluding hydrogens is 210 g/mol. The summed E-state index contributed by atoms with van der Waals surface area (Å²) in [5.41, 5.74) is 1.22. The summed E-state index contributed by atoms with van der Waals surface area (Å²) in [5, 5.41) is 4.97. The summed E-state index contributed by atoms with van der Waals surface area (Å²) >= 11 is 5.82. The molecule has 0 radical (unpaired) electrons. The first-order chi connectivity index (χ1) is 7.28. The van der Waals surface area contributed by atoms with Crippen LogP contribution in [0.1, 0.15) is 12.5 Å². The second-order valence-corrected chi connectivity index (χ2v) is 3.84. The van der Waals surface area contributed by atoms with E-state index in [1.165, 1.54) is 5.56 Å². The van der Waals surface area contributed by atoms with E-state index >= 15 is 0 Å². The summed E-state index contributed by atoms with van der Waals surface area (Å²) < 4.78 is 3.95. The van der Waals surface area contributed by atoms with Crippen LogP contribution in [0.15, 0.2) is 36.9 Å². The minimum absolute atomic E-state index is 0.771. The monoisotopic (exact) mass is 222 g/mol. The highest BCUT2D eigenvalue weighted by molar-refractivity contribution is 6.30. The Morgan fingerprint density at radius 3 is 2.67 bits per heavy atom. The van der Waals surface area contributed by atoms with Crippen LogP contribution in [0.25, 0.3) is 0 Å². The predicted molar refractivity (Wildman–Crippen MR) is 58.7 cm³/mol. The summed E-state index contributed by atoms with van der Waals surface area (Å²) in [6.07, 6.45) is 3.83. The van der Waals surface area contributed by atoms with Gasteiger partial charge in [0.15, 0.2) is 0 Å². The van der Waals surface area contributed by atoms with Crippen molar-refractivity contribution in [3.05, 3.63) is 47.5 Å². The van der Waals surface area contributed by atoms with Gasteiger partial charge >= 0.3 is 0 Å². The van der Waals surface area contributed by atoms with Gasteiger partial charge in [-0.25, -0.2) is 4.57 Å². The lowest BCUT2D eigenvalue weighted by Gasteiger charge is -1.97. The van der Waals surface area contributed by atoms with Crippen molar-refractivity contribution in [2.24, 2.45) is 0 Å². The summed E-state index contributed by atoms with van der Waals surface area (Å²) in [6, 6.07) is 7.86. The third-order valence-electron chi connectivity index (χ3n) is 2.23. The van der Waals surface area contributed by atoms with Crippen molar-refractivity contribution in [3.63, 3.8) is 0 Å². The topological polar surface area (TPSA) is 21.7 Å². The summed E-state index contributed by atoms with van der Waals surface area (Å²) in [6.45, 7) is 3.80. The Morgan fingerprint density at radius 2 is 2.07 bits per heavy atom. The third kappa shape index (κ3) is 2.57. The SMILES string of the molecule is CCn1c[n+](Cc2ccc(Cl)cc2)cn1. The zero-order valence-corrected chi connectivity index (χ0v) is 9.35. The first kappa shape index (κ1) is 10.2. The van der Waals surface area contributed by atoms with Crippen molar-refractivity contribution in [1.82, 2.24) is 9.78 Å². The second kappa shape index (κ2) is 4.45. The van der Waals surface area contributed by atoms with E-state index in [0.29, 0.717) is 0 Å². The summed E-state index contributed by atoms with van der Waals surface area (Å²) in [7, 11) is 0. The zero-order chi connectivity index (χ0) is 10.7. The van der Waals surface area contributed by atoms with E-state index in [4.69, 9.17) is 11.6 Å². The van der Waals surface area contributed by atoms with Gasteiger partial charge in [0.05, 0.1) is 6.54 Å². The number of halogens is 1. The van der Waals surface area contributed by atoms with Gasteiger partial charge in [0.1, 0.15) is 6.54 Å². The van der Waals surface area contributed by atoms with E-state index in [-0.39, 0.29) is 0 Å². The van der Waals surface area contributed by atoms with Gasteiger partial charge in [-0.15, -0.1) is 4.68 Å². The predicted octanol–water partition coefficient (Wildman–Crippen LogP) is 1.89. The summed E-state index contributed by atoms with van der Waals surface area (Å²) in [5.74, 6) is 0. The van der Waals surface area contributed by atoms with Gasteiger partial charge < -0.3 is 0 Å². The van der Waals surface area contributed by atoms with Crippen LogP contribution in [0.5, 0.6) is 0 Å². The molecule has 2 aromatic rings. The molecule has 15 heavy (non-hydrogen) atoms. The van der Waals surface area contributed by atoms with Gasteiger partial charge in [-0.05, 0) is 24.6 Å². The van der Waals surface area contributed by atoms with Crippen molar-refractivity contribution in [1.29, 1.82) is 0 Å². The minimum atomic E-state index is 0.771. The van der Waals surface area contributed by atoms with Gasteiger partial charge in [0.25, 0.3) is 6.33 Å². The first-order valence-corrected chi connectivity index (χ1v) is 5.31. The molecule has 0 atom stereocenters. The normalized spacial score (nSPS) is 10.5. The smallest absolute Gasteiger partial charge is 0.233 e. The molecule has 0 aliphatic carbocycles. The number of aryl methyl sites for hydroxylation is 1. The quantitative estimate of drug-likeness (QED) is 0.727. The Morgan fingerprint density at radius 1 is 1.33 bits per heavy atom. The third-order valence-corrected chi connectivity index (χ3v) is 2.48. The molecule has 0 fully saturated rings. The van der Waals surface area contributed by atoms with Crippen LogP contribution in [0, 0.1) is 0 Å². The Kier molecular flexibility index (Phi) is 3.02. The number of hydrogen-bond donors (Lipinski definition) is 0. The number of nitrogens with zero attached hydrogens (tertiary/aromatic N) is 3. The van der Waals surface area contributed by atoms with Gasteiger partial charge in [-0.2, -0.15) is 0 Å². The molecule has 1 aromatic carbocycles. The lowest BCUT2D eigenvalue weighted by atomic mass is 10.2. The summed E-state index contributed by atoms with van der Waals surface area (Å²) in [4.78, 5) is 0. The van der Waals surface area contributed by atoms with E-state index in [1.54, 1.807) is 0 Å². The molecule has 0 aliphatic heterocycles. The van der Waals surface area contributed by atoms with Crippen LogP contribution in [-0.4, -0.2) is 9.78 Å². The van der Waals surface area contributed by atoms with Crippen molar-refractivity contribution < 1.29 is 4.57 Å². The molecule has 3 nitrogen and oxygen atoms in total. The van der Waals surface area contributed by atoms with E-state index in [9.17, 15) is 0 Å². The highest BCUT2D eigenvalue weighted by Gasteiger charge is 2.03. The van der Waals surface area contributed by atoms with Gasteiger partial charge in [-0.3, -0.25) is 0 Å². The van der Waals surface area contributed by atoms with Crippen LogP contribution in [0.2, 0.25) is 5.02 Å². The molecule has 78 valence electrons. The van der Waals surface area contributed by atoms with E-state index in [2.05, 4.69) is 12.0 Å². The van der Waals surface area contributed by atoms with Crippen LogP contribution in [-0.2, 0) is 13.1 Å². The molecule has 0 N–H and O–H groups in total. The van der Waals surface area contributed by atoms with Crippen LogP contribution < -0.4 is 4.57 Å². The van der Waals surface area contributed by atoms with Gasteiger partial charge in [0.2, 0.25) is 6.33 Å². The number of rotatable bonds is 3. The first-order valence-electron chi connectivity index (χ1n) is 4.94. The van der Waals surface area contributed by atoms with Crippen LogP contribution in [0.4, 0.5) is 0 Å². The number of benzene rings is 1. The zero-order valence-electron chi connectivity index (χ0n) is 8.60. The maximum atomic E-state index is 5.82. The Hall–Kier alpha value is -1.35. The average molecular weight is 223 g/mol. The molecule has 0 bridgehead atoms. The highest BCUT2D eigenvalue weighted by atomic mass is 35.5. The molecule has 0 saturated heterocycles. The standard InChI is InChI=1S/C11H13ClN3/c1-2-15-9-14(8-13-15)7-10-3-5-11(12)6-4-10/h3-6,8-9H,2,7H2,1H3/q+1. The highest BCUT2D eigenvalue weighted by Crippen LogP contribution is 2.08. The van der Waals surface area contributed by atoms with Crippen LogP contribution >= 0.6 is 11.6 Å². The molecule has 2 rings (SSSR count). The fraction of sp³-hybridized carbons (Fsp3) is 0.273. The van der Waals surface area contributed by atoms with E-state index in [0.717, 1.165) is 18.1 Å². The number of hydrogen-bond acceptors (Lipinski definition) is 1. The maximum absolute atomic E-state index is 5.82. The molecule has 0 unspecified atom stereocenters. The number of aromatic nitrogens is 3. The van der Waals surface area contributed by atoms with Crippen molar-refractivity contribution in [2.45, 2.75) is 20.0 Å². The Balaban J connectivity index is 2.11. The van der Waals surface area contributed by atoms with E-state index in [1.807, 2.05) is 46.2 Å². The maximum Gasteiger partial charge on any atom is 0.265 e. The molecular formula is C11H13ClN3+. The van der Waals surface area contributed by atoms with Crippen molar-refractivity contribution >= 4 is 11.6 Å². The second-order valence-electron chi connectivity index (χ2n) is 3.40. The van der Waals surface area contributed by atoms with Crippen LogP contribution in [0.3, 0.4) is 0 Å². The molecule has 4 heteroatoms. The minimum Gasteiger partial charge on any atom is -0.233 e. The van der Waals surface area contributed by atoms with Gasteiger partial charge in [-0.1, -0.05) is 23.7 Å². The molecule has 0 saturated carbocycles. The lowest BCUT2D eigenvalue weighted by Crippen LogP contribution is -2.31. The molecule has 0 spiro atoms. The Labute approximate surface area is 93.9 Å².